The van der Waals surface area contributed by atoms with Crippen molar-refractivity contribution in [3.8, 4) is 0 Å². The first-order valence-corrected chi connectivity index (χ1v) is 11.6. The van der Waals surface area contributed by atoms with Crippen molar-refractivity contribution in [1.82, 2.24) is 20.5 Å². The van der Waals surface area contributed by atoms with Crippen molar-refractivity contribution in [2.75, 3.05) is 58.0 Å². The molecule has 1 amide bonds. The molecule has 0 bridgehead atoms. The van der Waals surface area contributed by atoms with Crippen LogP contribution in [0.1, 0.15) is 22.7 Å². The fourth-order valence-electron chi connectivity index (χ4n) is 3.34. The number of benzene rings is 1. The second kappa shape index (κ2) is 17.3. The summed E-state index contributed by atoms with van der Waals surface area (Å²) in [7, 11) is 2.01. The van der Waals surface area contributed by atoms with Crippen LogP contribution in [-0.2, 0) is 9.53 Å². The third kappa shape index (κ3) is 9.96. The molecule has 2 heterocycles. The first-order valence-electron chi connectivity index (χ1n) is 10.8. The van der Waals surface area contributed by atoms with E-state index in [1.165, 1.54) is 6.08 Å². The Bertz CT molecular complexity index is 877. The summed E-state index contributed by atoms with van der Waals surface area (Å²) < 4.78 is 14.7. The van der Waals surface area contributed by atoms with E-state index >= 15 is 0 Å². The second-order valence-corrected chi connectivity index (χ2v) is 8.18. The van der Waals surface area contributed by atoms with Crippen molar-refractivity contribution in [1.29, 1.82) is 0 Å². The van der Waals surface area contributed by atoms with Gasteiger partial charge in [-0.05, 0) is 32.1 Å². The summed E-state index contributed by atoms with van der Waals surface area (Å²) in [4.78, 5) is 20.4. The highest BCUT2D eigenvalue weighted by atomic mass is 32.2. The molecule has 1 aromatic heterocycles. The number of piperazine rings is 1. The van der Waals surface area contributed by atoms with Crippen LogP contribution in [0, 0.1) is 0 Å². The minimum Gasteiger partial charge on any atom is -0.412 e. The Balaban J connectivity index is 0. The van der Waals surface area contributed by atoms with E-state index in [9.17, 15) is 9.35 Å². The molecule has 1 fully saturated rings. The molecule has 0 unspecified atom stereocenters. The lowest BCUT2D eigenvalue weighted by Gasteiger charge is -2.31. The van der Waals surface area contributed by atoms with E-state index in [0.29, 0.717) is 25.9 Å². The van der Waals surface area contributed by atoms with Gasteiger partial charge in [0, 0.05) is 81.1 Å². The third-order valence-electron chi connectivity index (χ3n) is 5.14. The molecular weight excluding hydrogens is 454 g/mol. The predicted octanol–water partition coefficient (Wildman–Crippen LogP) is 2.87. The molecule has 2 aromatic rings. The highest BCUT2D eigenvalue weighted by Gasteiger charge is 2.14. The zero-order valence-corrected chi connectivity index (χ0v) is 20.5. The van der Waals surface area contributed by atoms with E-state index in [1.807, 2.05) is 31.3 Å². The van der Waals surface area contributed by atoms with Crippen LogP contribution in [0.25, 0.3) is 10.8 Å². The number of aromatic nitrogens is 1. The molecule has 5 N–H and O–H groups in total. The first kappa shape index (κ1) is 31.8. The third-order valence-corrected chi connectivity index (χ3v) is 5.69. The molecule has 1 saturated heterocycles. The number of fused-ring (bicyclic) bond motifs is 1. The van der Waals surface area contributed by atoms with Crippen LogP contribution in [0.5, 0.6) is 0 Å². The zero-order valence-electron chi connectivity index (χ0n) is 19.7. The van der Waals surface area contributed by atoms with E-state index < -0.39 is 0 Å². The summed E-state index contributed by atoms with van der Waals surface area (Å²) in [5.74, 6) is 0.801. The quantitative estimate of drug-likeness (QED) is 0.275. The summed E-state index contributed by atoms with van der Waals surface area (Å²) in [6.07, 6.45) is 3.04. The Morgan fingerprint density at radius 2 is 2.24 bits per heavy atom. The highest BCUT2D eigenvalue weighted by molar-refractivity contribution is 7.94. The molecule has 9 nitrogen and oxygen atoms in total. The van der Waals surface area contributed by atoms with Crippen molar-refractivity contribution in [2.24, 2.45) is 0 Å². The van der Waals surface area contributed by atoms with Crippen LogP contribution in [0.15, 0.2) is 48.0 Å². The number of ether oxygens (including phenoxy) is 1. The number of anilines is 1. The molecule has 1 aromatic carbocycles. The Morgan fingerprint density at radius 3 is 2.88 bits per heavy atom. The van der Waals surface area contributed by atoms with Crippen molar-refractivity contribution >= 4 is 34.5 Å². The van der Waals surface area contributed by atoms with Crippen LogP contribution in [0.4, 0.5) is 5.82 Å². The summed E-state index contributed by atoms with van der Waals surface area (Å²) in [6, 6.07) is 8.33. The maximum absolute atomic E-state index is 10.8. The Hall–Kier alpha value is -2.21. The second-order valence-electron chi connectivity index (χ2n) is 7.56. The predicted molar refractivity (Wildman–Crippen MR) is 145 cm³/mol. The molecule has 34 heavy (non-hydrogen) atoms. The fourth-order valence-corrected chi connectivity index (χ4v) is 3.75. The van der Waals surface area contributed by atoms with Crippen LogP contribution in [-0.4, -0.2) is 85.0 Å². The van der Waals surface area contributed by atoms with Gasteiger partial charge in [0.25, 0.3) is 0 Å². The smallest absolute Gasteiger partial charge is 0.243 e. The number of hydrogen-bond donors (Lipinski definition) is 3. The first-order chi connectivity index (χ1) is 15.5. The van der Waals surface area contributed by atoms with Gasteiger partial charge in [0.15, 0.2) is 0 Å². The van der Waals surface area contributed by atoms with Crippen LogP contribution in [0.2, 0.25) is 0 Å². The summed E-state index contributed by atoms with van der Waals surface area (Å²) in [5.41, 5.74) is 0. The lowest BCUT2D eigenvalue weighted by Crippen LogP contribution is -2.49. The lowest BCUT2D eigenvalue weighted by molar-refractivity contribution is -0.116. The molecule has 10 heteroatoms. The Morgan fingerprint density at radius 1 is 1.47 bits per heavy atom. The normalized spacial score (nSPS) is 15.2. The average molecular weight is 498 g/mol. The maximum atomic E-state index is 10.8. The zero-order chi connectivity index (χ0) is 23.3. The summed E-state index contributed by atoms with van der Waals surface area (Å²) in [5, 5.41) is 8.15. The minimum absolute atomic E-state index is 0. The number of nitrogens with zero attached hydrogens (tertiary/aromatic N) is 3. The number of amides is 1. The standard InChI is InChI=1S/C12H14N2OS.C11H21N3O2.CH4.H2O.H2/c1-3-14(2)12-10-5-4-6-11(16-15)9(10)7-8-13-12;1-3-11(15)13-5-7-16-9-14-6-4-12-10(2)8-14;;;/h4-8,15H,3H2,1-2H3;3,10,12H,1,4-9H2,2H3,(H,13,15);1H4;1H2;1H/t;10-;;;/m.1.../s1. The molecule has 1 atom stereocenters. The van der Waals surface area contributed by atoms with Gasteiger partial charge in [-0.1, -0.05) is 26.1 Å². The van der Waals surface area contributed by atoms with Crippen molar-refractivity contribution in [3.63, 3.8) is 0 Å². The number of carbonyl (C=O) groups is 1. The Kier molecular flexibility index (Phi) is 16.1. The van der Waals surface area contributed by atoms with Crippen molar-refractivity contribution in [2.45, 2.75) is 32.2 Å². The van der Waals surface area contributed by atoms with Crippen LogP contribution < -0.4 is 15.5 Å². The van der Waals surface area contributed by atoms with Gasteiger partial charge < -0.3 is 30.3 Å². The van der Waals surface area contributed by atoms with E-state index in [0.717, 1.165) is 59.7 Å². The lowest BCUT2D eigenvalue weighted by atomic mass is 10.1. The molecule has 0 spiro atoms. The SMILES string of the molecule is C.C=CC(=O)NCCOCN1CCN[C@H](C)C1.CCN(C)c1nccc2c(SO)cccc12.O.[HH]. The van der Waals surface area contributed by atoms with Gasteiger partial charge in [-0.15, -0.1) is 0 Å². The van der Waals surface area contributed by atoms with Crippen LogP contribution >= 0.6 is 12.0 Å². The number of carbonyl (C=O) groups excluding carboxylic acids is 1. The van der Waals surface area contributed by atoms with Crippen molar-refractivity contribution < 1.29 is 21.0 Å². The number of pyridine rings is 1. The molecule has 1 aliphatic heterocycles. The topological polar surface area (TPSA) is 121 Å². The van der Waals surface area contributed by atoms with Gasteiger partial charge in [0.05, 0.1) is 13.3 Å². The molecule has 0 saturated carbocycles. The average Bonchev–Trinajstić information content (AvgIpc) is 2.82. The van der Waals surface area contributed by atoms with E-state index in [4.69, 9.17) is 4.74 Å². The van der Waals surface area contributed by atoms with Crippen molar-refractivity contribution in [3.05, 3.63) is 43.1 Å². The molecule has 3 rings (SSSR count). The molecule has 194 valence electrons. The van der Waals surface area contributed by atoms with E-state index in [-0.39, 0.29) is 20.2 Å². The van der Waals surface area contributed by atoms with Gasteiger partial charge >= 0.3 is 0 Å². The van der Waals surface area contributed by atoms with Gasteiger partial charge in [-0.3, -0.25) is 9.69 Å². The molecule has 0 radical (unpaired) electrons. The Labute approximate surface area is 209 Å². The molecule has 1 aliphatic rings. The number of nitrogens with one attached hydrogen (secondary N) is 2. The van der Waals surface area contributed by atoms with E-state index in [1.54, 1.807) is 6.20 Å². The monoisotopic (exact) mass is 497 g/mol. The van der Waals surface area contributed by atoms with Gasteiger partial charge in [-0.2, -0.15) is 0 Å². The maximum Gasteiger partial charge on any atom is 0.243 e. The van der Waals surface area contributed by atoms with Gasteiger partial charge in [-0.25, -0.2) is 4.98 Å². The highest BCUT2D eigenvalue weighted by Crippen LogP contribution is 2.30. The largest absolute Gasteiger partial charge is 0.412 e. The molecule has 0 aliphatic carbocycles. The van der Waals surface area contributed by atoms with Crippen LogP contribution in [0.3, 0.4) is 0 Å². The van der Waals surface area contributed by atoms with Gasteiger partial charge in [0.1, 0.15) is 5.82 Å². The molecular formula is C24H43N5O4S. The fraction of sp³-hybridized carbons (Fsp3) is 0.500. The van der Waals surface area contributed by atoms with E-state index in [2.05, 4.69) is 45.8 Å². The minimum atomic E-state index is -0.153. The number of rotatable bonds is 9. The summed E-state index contributed by atoms with van der Waals surface area (Å²) in [6.45, 7) is 13.3. The summed E-state index contributed by atoms with van der Waals surface area (Å²) >= 11 is 0.780. The van der Waals surface area contributed by atoms with Gasteiger partial charge in [0.2, 0.25) is 5.91 Å². The number of hydrogen-bond acceptors (Lipinski definition) is 8.